The van der Waals surface area contributed by atoms with E-state index in [4.69, 9.17) is 4.74 Å². The normalized spacial score (nSPS) is 23.8. The number of carbonyl (C=O) groups excluding carboxylic acids is 1. The fourth-order valence-electron chi connectivity index (χ4n) is 5.50. The Balaban J connectivity index is 1.30. The van der Waals surface area contributed by atoms with Crippen molar-refractivity contribution >= 4 is 5.91 Å². The summed E-state index contributed by atoms with van der Waals surface area (Å²) in [4.78, 5) is 32.0. The van der Waals surface area contributed by atoms with Gasteiger partial charge < -0.3 is 28.6 Å². The van der Waals surface area contributed by atoms with Gasteiger partial charge in [-0.3, -0.25) is 9.59 Å². The van der Waals surface area contributed by atoms with Crippen LogP contribution in [-0.4, -0.2) is 55.1 Å². The number of benzene rings is 1. The van der Waals surface area contributed by atoms with E-state index in [0.29, 0.717) is 17.7 Å². The molecule has 194 valence electrons. The number of halogens is 4. The number of alkyl halides is 3. The van der Waals surface area contributed by atoms with Crippen molar-refractivity contribution in [3.63, 3.8) is 0 Å². The number of carbonyl (C=O) groups is 1. The lowest BCUT2D eigenvalue weighted by atomic mass is 9.92. The standard InChI is InChI=1S/C24H20F4N4O5/c1-22-10-23(22,14-6-19(37-24(26,27)28)15(25)7-18(14)36-22)11-30-4-5-32-17(20(30)34)3-2-16(21(32)35)31-8-13(9-33)29-12-31/h2-3,6-8,12,33H,4-5,9-11H2,1H3/t22-,23+/m0/s1. The maximum Gasteiger partial charge on any atom is 0.573 e. The second-order valence-corrected chi connectivity index (χ2v) is 9.64. The van der Waals surface area contributed by atoms with Gasteiger partial charge in [-0.2, -0.15) is 0 Å². The minimum absolute atomic E-state index is 0.115. The molecule has 1 amide bonds. The number of aliphatic hydroxyl groups is 1. The Hall–Kier alpha value is -3.87. The van der Waals surface area contributed by atoms with E-state index in [2.05, 4.69) is 9.72 Å². The molecule has 1 aliphatic carbocycles. The fraction of sp³-hybridized carbons (Fsp3) is 0.375. The van der Waals surface area contributed by atoms with Gasteiger partial charge in [-0.15, -0.1) is 13.2 Å². The molecule has 13 heteroatoms. The smallest absolute Gasteiger partial charge is 0.486 e. The minimum atomic E-state index is -5.07. The second-order valence-electron chi connectivity index (χ2n) is 9.64. The van der Waals surface area contributed by atoms with Crippen molar-refractivity contribution in [2.24, 2.45) is 0 Å². The van der Waals surface area contributed by atoms with Gasteiger partial charge in [0, 0.05) is 43.9 Å². The predicted molar refractivity (Wildman–Crippen MR) is 118 cm³/mol. The molecule has 3 aliphatic rings. The number of pyridine rings is 1. The molecule has 0 unspecified atom stereocenters. The zero-order valence-electron chi connectivity index (χ0n) is 19.4. The van der Waals surface area contributed by atoms with Crippen molar-refractivity contribution in [2.75, 3.05) is 13.1 Å². The quantitative estimate of drug-likeness (QED) is 0.520. The van der Waals surface area contributed by atoms with Crippen molar-refractivity contribution in [2.45, 2.75) is 43.9 Å². The van der Waals surface area contributed by atoms with Crippen molar-refractivity contribution in [1.29, 1.82) is 0 Å². The monoisotopic (exact) mass is 520 g/mol. The Labute approximate surface area is 206 Å². The van der Waals surface area contributed by atoms with E-state index in [1.807, 2.05) is 0 Å². The number of rotatable bonds is 5. The summed E-state index contributed by atoms with van der Waals surface area (Å²) in [5, 5.41) is 9.23. The van der Waals surface area contributed by atoms with Crippen molar-refractivity contribution in [1.82, 2.24) is 19.0 Å². The molecule has 2 aromatic heterocycles. The topological polar surface area (TPSA) is 98.8 Å². The van der Waals surface area contributed by atoms with Crippen LogP contribution in [0.4, 0.5) is 17.6 Å². The summed E-state index contributed by atoms with van der Waals surface area (Å²) in [5.41, 5.74) is -0.884. The van der Waals surface area contributed by atoms with E-state index in [9.17, 15) is 32.3 Å². The summed E-state index contributed by atoms with van der Waals surface area (Å²) in [6.07, 6.45) is -1.72. The van der Waals surface area contributed by atoms with E-state index in [1.165, 1.54) is 38.7 Å². The number of nitrogens with zero attached hydrogens (tertiary/aromatic N) is 4. The summed E-state index contributed by atoms with van der Waals surface area (Å²) >= 11 is 0. The molecule has 1 fully saturated rings. The zero-order chi connectivity index (χ0) is 26.3. The molecule has 2 aliphatic heterocycles. The summed E-state index contributed by atoms with van der Waals surface area (Å²) in [5.74, 6) is -2.45. The molecule has 6 rings (SSSR count). The van der Waals surface area contributed by atoms with Crippen molar-refractivity contribution in [3.8, 4) is 17.2 Å². The SMILES string of the molecule is C[C@]12C[C@@]1(CN1CCn3c(ccc(-n4cnc(CO)c4)c3=O)C1=O)c1cc(OC(F)(F)F)c(F)cc1O2. The lowest BCUT2D eigenvalue weighted by Crippen LogP contribution is -2.48. The molecule has 37 heavy (non-hydrogen) atoms. The highest BCUT2D eigenvalue weighted by molar-refractivity contribution is 5.93. The molecule has 4 heterocycles. The van der Waals surface area contributed by atoms with Crippen LogP contribution in [0.25, 0.3) is 5.69 Å². The van der Waals surface area contributed by atoms with Gasteiger partial charge in [0.15, 0.2) is 11.6 Å². The Morgan fingerprint density at radius 2 is 2.00 bits per heavy atom. The van der Waals surface area contributed by atoms with Gasteiger partial charge >= 0.3 is 6.36 Å². The molecular formula is C24H20F4N4O5. The fourth-order valence-corrected chi connectivity index (χ4v) is 5.50. The first kappa shape index (κ1) is 23.5. The largest absolute Gasteiger partial charge is 0.573 e. The molecule has 0 spiro atoms. The highest BCUT2D eigenvalue weighted by atomic mass is 19.4. The highest BCUT2D eigenvalue weighted by Crippen LogP contribution is 2.67. The first-order chi connectivity index (χ1) is 17.4. The van der Waals surface area contributed by atoms with E-state index in [-0.39, 0.29) is 43.4 Å². The van der Waals surface area contributed by atoms with Crippen molar-refractivity contribution in [3.05, 3.63) is 69.9 Å². The lowest BCUT2D eigenvalue weighted by molar-refractivity contribution is -0.275. The molecule has 3 aromatic rings. The molecule has 0 saturated heterocycles. The third kappa shape index (κ3) is 3.51. The first-order valence-corrected chi connectivity index (χ1v) is 11.4. The summed E-state index contributed by atoms with van der Waals surface area (Å²) in [7, 11) is 0. The van der Waals surface area contributed by atoms with Gasteiger partial charge in [0.05, 0.1) is 24.0 Å². The average Bonchev–Trinajstić information content (AvgIpc) is 3.10. The van der Waals surface area contributed by atoms with Gasteiger partial charge in [0.25, 0.3) is 11.5 Å². The number of fused-ring (bicyclic) bond motifs is 4. The number of ether oxygens (including phenoxy) is 2. The van der Waals surface area contributed by atoms with E-state index < -0.39 is 40.4 Å². The Morgan fingerprint density at radius 1 is 1.22 bits per heavy atom. The van der Waals surface area contributed by atoms with E-state index >= 15 is 0 Å². The van der Waals surface area contributed by atoms with Gasteiger partial charge in [-0.25, -0.2) is 9.37 Å². The van der Waals surface area contributed by atoms with Crippen LogP contribution in [-0.2, 0) is 18.6 Å². The maximum absolute atomic E-state index is 14.2. The number of amides is 1. The van der Waals surface area contributed by atoms with Crippen LogP contribution in [0.15, 0.2) is 41.6 Å². The van der Waals surface area contributed by atoms with Crippen LogP contribution in [0.3, 0.4) is 0 Å². The Kier molecular flexibility index (Phi) is 4.81. The molecule has 1 N–H and O–H groups in total. The molecule has 1 aromatic carbocycles. The molecular weight excluding hydrogens is 500 g/mol. The molecule has 1 saturated carbocycles. The minimum Gasteiger partial charge on any atom is -0.486 e. The molecule has 9 nitrogen and oxygen atoms in total. The van der Waals surface area contributed by atoms with Crippen LogP contribution in [0.5, 0.6) is 11.5 Å². The third-order valence-corrected chi connectivity index (χ3v) is 7.43. The van der Waals surface area contributed by atoms with Crippen LogP contribution in [0.2, 0.25) is 0 Å². The van der Waals surface area contributed by atoms with Gasteiger partial charge in [0.2, 0.25) is 0 Å². The molecule has 0 bridgehead atoms. The number of hydrogen-bond donors (Lipinski definition) is 1. The number of hydrogen-bond acceptors (Lipinski definition) is 6. The predicted octanol–water partition coefficient (Wildman–Crippen LogP) is 2.51. The van der Waals surface area contributed by atoms with Gasteiger partial charge in [0.1, 0.15) is 22.7 Å². The zero-order valence-corrected chi connectivity index (χ0v) is 19.4. The van der Waals surface area contributed by atoms with Crippen molar-refractivity contribution < 1.29 is 36.9 Å². The van der Waals surface area contributed by atoms with Crippen LogP contribution in [0, 0.1) is 5.82 Å². The van der Waals surface area contributed by atoms with Crippen LogP contribution in [0.1, 0.15) is 35.1 Å². The first-order valence-electron chi connectivity index (χ1n) is 11.4. The van der Waals surface area contributed by atoms with Crippen LogP contribution >= 0.6 is 0 Å². The maximum atomic E-state index is 14.2. The van der Waals surface area contributed by atoms with Crippen LogP contribution < -0.4 is 15.0 Å². The highest BCUT2D eigenvalue weighted by Gasteiger charge is 2.73. The summed E-state index contributed by atoms with van der Waals surface area (Å²) in [6, 6.07) is 4.90. The number of aliphatic hydroxyl groups excluding tert-OH is 1. The van der Waals surface area contributed by atoms with E-state index in [0.717, 1.165) is 12.1 Å². The van der Waals surface area contributed by atoms with Gasteiger partial charge in [-0.05, 0) is 25.1 Å². The summed E-state index contributed by atoms with van der Waals surface area (Å²) < 4.78 is 65.2. The molecule has 0 radical (unpaired) electrons. The number of imidazole rings is 1. The second kappa shape index (κ2) is 7.57. The third-order valence-electron chi connectivity index (χ3n) is 7.43. The Morgan fingerprint density at radius 3 is 2.70 bits per heavy atom. The number of aromatic nitrogens is 3. The average molecular weight is 520 g/mol. The van der Waals surface area contributed by atoms with E-state index in [1.54, 1.807) is 6.92 Å². The lowest BCUT2D eigenvalue weighted by Gasteiger charge is -2.32. The molecule has 2 atom stereocenters. The summed E-state index contributed by atoms with van der Waals surface area (Å²) in [6.45, 7) is 1.98. The van der Waals surface area contributed by atoms with Gasteiger partial charge in [-0.1, -0.05) is 0 Å². The Bertz CT molecular complexity index is 1520.